The van der Waals surface area contributed by atoms with Gasteiger partial charge >= 0.3 is 0 Å². The molecule has 150 valence electrons. The molecule has 1 saturated heterocycles. The van der Waals surface area contributed by atoms with Gasteiger partial charge in [0.25, 0.3) is 0 Å². The van der Waals surface area contributed by atoms with Crippen LogP contribution in [0.15, 0.2) is 12.2 Å². The van der Waals surface area contributed by atoms with Crippen LogP contribution in [0, 0.1) is 11.8 Å². The van der Waals surface area contributed by atoms with E-state index in [2.05, 4.69) is 19.1 Å². The molecule has 1 heterocycles. The first kappa shape index (κ1) is 21.5. The van der Waals surface area contributed by atoms with Gasteiger partial charge in [0.15, 0.2) is 6.29 Å². The maximum Gasteiger partial charge on any atom is 0.157 e. The van der Waals surface area contributed by atoms with E-state index >= 15 is 0 Å². The van der Waals surface area contributed by atoms with E-state index in [0.29, 0.717) is 12.8 Å². The fourth-order valence-corrected chi connectivity index (χ4v) is 4.09. The standard InChI is InChI=1S/C21H36O5/c1-3-4-5-8-16(24-2)10-11-18-17(12-13-22)19(23)15-20(18)26-21-9-6-7-14-25-21/h10-11,13,16-21,23H,3-9,12,14-15H2,1-2H3/t16-,17+,18+,19-,20+,21?/m0/s1. The monoisotopic (exact) mass is 368 g/mol. The second kappa shape index (κ2) is 11.9. The van der Waals surface area contributed by atoms with E-state index in [0.717, 1.165) is 45.0 Å². The van der Waals surface area contributed by atoms with Gasteiger partial charge in [-0.25, -0.2) is 0 Å². The number of unbranched alkanes of at least 4 members (excludes halogenated alkanes) is 2. The molecule has 1 aliphatic carbocycles. The molecule has 0 bridgehead atoms. The maximum atomic E-state index is 11.1. The summed E-state index contributed by atoms with van der Waals surface area (Å²) >= 11 is 0. The molecule has 26 heavy (non-hydrogen) atoms. The van der Waals surface area contributed by atoms with Crippen LogP contribution in [-0.2, 0) is 19.0 Å². The Kier molecular flexibility index (Phi) is 9.83. The van der Waals surface area contributed by atoms with Crippen LogP contribution in [0.1, 0.15) is 64.7 Å². The van der Waals surface area contributed by atoms with Crippen LogP contribution >= 0.6 is 0 Å². The average Bonchev–Trinajstić information content (AvgIpc) is 2.94. The predicted octanol–water partition coefficient (Wildman–Crippen LogP) is 3.64. The summed E-state index contributed by atoms with van der Waals surface area (Å²) in [6.07, 6.45) is 12.9. The largest absolute Gasteiger partial charge is 0.393 e. The van der Waals surface area contributed by atoms with Crippen molar-refractivity contribution in [3.8, 4) is 0 Å². The van der Waals surface area contributed by atoms with E-state index in [1.165, 1.54) is 12.8 Å². The van der Waals surface area contributed by atoms with Crippen molar-refractivity contribution in [3.63, 3.8) is 0 Å². The summed E-state index contributed by atoms with van der Waals surface area (Å²) in [4.78, 5) is 11.1. The third kappa shape index (κ3) is 6.45. The average molecular weight is 369 g/mol. The van der Waals surface area contributed by atoms with Crippen LogP contribution in [-0.4, -0.2) is 49.7 Å². The van der Waals surface area contributed by atoms with E-state index in [1.807, 2.05) is 0 Å². The van der Waals surface area contributed by atoms with Crippen molar-refractivity contribution in [3.05, 3.63) is 12.2 Å². The molecule has 0 amide bonds. The third-order valence-corrected chi connectivity index (χ3v) is 5.67. The number of hydrogen-bond donors (Lipinski definition) is 1. The fourth-order valence-electron chi connectivity index (χ4n) is 4.09. The molecule has 1 aliphatic heterocycles. The zero-order valence-electron chi connectivity index (χ0n) is 16.3. The highest BCUT2D eigenvalue weighted by Crippen LogP contribution is 2.38. The Hall–Kier alpha value is -0.750. The highest BCUT2D eigenvalue weighted by atomic mass is 16.7. The lowest BCUT2D eigenvalue weighted by atomic mass is 9.90. The summed E-state index contributed by atoms with van der Waals surface area (Å²) in [7, 11) is 1.73. The minimum atomic E-state index is -0.510. The summed E-state index contributed by atoms with van der Waals surface area (Å²) in [6, 6.07) is 0. The third-order valence-electron chi connectivity index (χ3n) is 5.67. The van der Waals surface area contributed by atoms with E-state index in [9.17, 15) is 9.90 Å². The van der Waals surface area contributed by atoms with Crippen LogP contribution in [0.25, 0.3) is 0 Å². The minimum absolute atomic E-state index is 0.0181. The van der Waals surface area contributed by atoms with Gasteiger partial charge < -0.3 is 24.1 Å². The summed E-state index contributed by atoms with van der Waals surface area (Å²) in [5.41, 5.74) is 0. The summed E-state index contributed by atoms with van der Waals surface area (Å²) in [6.45, 7) is 2.93. The minimum Gasteiger partial charge on any atom is -0.393 e. The van der Waals surface area contributed by atoms with Crippen LogP contribution in [0.4, 0.5) is 0 Å². The molecule has 1 N–H and O–H groups in total. The lowest BCUT2D eigenvalue weighted by Crippen LogP contribution is -2.31. The van der Waals surface area contributed by atoms with Crippen molar-refractivity contribution < 1.29 is 24.1 Å². The normalized spacial score (nSPS) is 33.6. The molecule has 5 heteroatoms. The van der Waals surface area contributed by atoms with Crippen molar-refractivity contribution in [2.45, 2.75) is 89.3 Å². The molecule has 0 aromatic heterocycles. The molecule has 0 aromatic rings. The SMILES string of the molecule is CCCCC[C@@H](C=C[C@@H]1[C@@H](CC=O)[C@@H](O)C[C@H]1OC1CCCCO1)OC. The maximum absolute atomic E-state index is 11.1. The van der Waals surface area contributed by atoms with Gasteiger partial charge in [0, 0.05) is 38.4 Å². The van der Waals surface area contributed by atoms with Crippen molar-refractivity contribution in [1.82, 2.24) is 0 Å². The molecular formula is C21H36O5. The van der Waals surface area contributed by atoms with Crippen LogP contribution < -0.4 is 0 Å². The van der Waals surface area contributed by atoms with Gasteiger partial charge in [0.2, 0.25) is 0 Å². The summed E-state index contributed by atoms with van der Waals surface area (Å²) < 4.78 is 17.5. The Labute approximate surface area is 158 Å². The highest BCUT2D eigenvalue weighted by Gasteiger charge is 2.42. The van der Waals surface area contributed by atoms with Gasteiger partial charge in [-0.3, -0.25) is 0 Å². The number of carbonyl (C=O) groups is 1. The number of carbonyl (C=O) groups excluding carboxylic acids is 1. The molecule has 2 aliphatic rings. The number of rotatable bonds is 11. The Bertz CT molecular complexity index is 419. The lowest BCUT2D eigenvalue weighted by molar-refractivity contribution is -0.193. The Morgan fingerprint density at radius 3 is 2.81 bits per heavy atom. The van der Waals surface area contributed by atoms with Gasteiger partial charge in [-0.15, -0.1) is 0 Å². The van der Waals surface area contributed by atoms with Gasteiger partial charge in [-0.2, -0.15) is 0 Å². The van der Waals surface area contributed by atoms with Crippen molar-refractivity contribution in [2.75, 3.05) is 13.7 Å². The topological polar surface area (TPSA) is 65.0 Å². The Morgan fingerprint density at radius 1 is 1.31 bits per heavy atom. The molecule has 0 radical (unpaired) electrons. The zero-order valence-corrected chi connectivity index (χ0v) is 16.3. The number of aliphatic hydroxyl groups is 1. The van der Waals surface area contributed by atoms with Gasteiger partial charge in [0.05, 0.1) is 18.3 Å². The van der Waals surface area contributed by atoms with E-state index in [-0.39, 0.29) is 30.3 Å². The fraction of sp³-hybridized carbons (Fsp3) is 0.857. The van der Waals surface area contributed by atoms with Gasteiger partial charge in [0.1, 0.15) is 6.29 Å². The van der Waals surface area contributed by atoms with Crippen molar-refractivity contribution in [1.29, 1.82) is 0 Å². The predicted molar refractivity (Wildman–Crippen MR) is 101 cm³/mol. The smallest absolute Gasteiger partial charge is 0.157 e. The van der Waals surface area contributed by atoms with Gasteiger partial charge in [-0.1, -0.05) is 38.3 Å². The van der Waals surface area contributed by atoms with Crippen molar-refractivity contribution >= 4 is 6.29 Å². The first-order chi connectivity index (χ1) is 12.7. The molecule has 1 saturated carbocycles. The van der Waals surface area contributed by atoms with Crippen molar-refractivity contribution in [2.24, 2.45) is 11.8 Å². The molecule has 2 rings (SSSR count). The summed E-state index contributed by atoms with van der Waals surface area (Å²) in [5.74, 6) is -0.0740. The number of aliphatic hydroxyl groups excluding tert-OH is 1. The first-order valence-corrected chi connectivity index (χ1v) is 10.3. The molecule has 0 spiro atoms. The van der Waals surface area contributed by atoms with E-state index < -0.39 is 6.10 Å². The summed E-state index contributed by atoms with van der Waals surface area (Å²) in [5, 5.41) is 10.4. The molecule has 1 unspecified atom stereocenters. The highest BCUT2D eigenvalue weighted by molar-refractivity contribution is 5.50. The lowest BCUT2D eigenvalue weighted by Gasteiger charge is -2.29. The number of methoxy groups -OCH3 is 1. The van der Waals surface area contributed by atoms with E-state index in [1.54, 1.807) is 7.11 Å². The molecule has 2 fully saturated rings. The van der Waals surface area contributed by atoms with E-state index in [4.69, 9.17) is 14.2 Å². The first-order valence-electron chi connectivity index (χ1n) is 10.3. The number of hydrogen-bond acceptors (Lipinski definition) is 5. The zero-order chi connectivity index (χ0) is 18.8. The Morgan fingerprint density at radius 2 is 2.15 bits per heavy atom. The van der Waals surface area contributed by atoms with Crippen LogP contribution in [0.3, 0.4) is 0 Å². The second-order valence-corrected chi connectivity index (χ2v) is 7.57. The quantitative estimate of drug-likeness (QED) is 0.343. The molecule has 6 atom stereocenters. The number of aldehydes is 1. The second-order valence-electron chi connectivity index (χ2n) is 7.57. The van der Waals surface area contributed by atoms with Gasteiger partial charge in [-0.05, 0) is 25.7 Å². The molecule has 0 aromatic carbocycles. The Balaban J connectivity index is 2.01. The number of ether oxygens (including phenoxy) is 3. The molecule has 5 nitrogen and oxygen atoms in total. The molecular weight excluding hydrogens is 332 g/mol. The van der Waals surface area contributed by atoms with Crippen LogP contribution in [0.2, 0.25) is 0 Å². The van der Waals surface area contributed by atoms with Crippen LogP contribution in [0.5, 0.6) is 0 Å².